The van der Waals surface area contributed by atoms with Crippen LogP contribution < -0.4 is 20.4 Å². The molecule has 4 heterocycles. The van der Waals surface area contributed by atoms with Crippen molar-refractivity contribution in [3.8, 4) is 0 Å². The fourth-order valence-corrected chi connectivity index (χ4v) is 7.55. The minimum Gasteiger partial charge on any atom is -0.378 e. The van der Waals surface area contributed by atoms with Crippen molar-refractivity contribution in [1.82, 2.24) is 15.0 Å². The third-order valence-electron chi connectivity index (χ3n) is 8.82. The predicted molar refractivity (Wildman–Crippen MR) is 177 cm³/mol. The lowest BCUT2D eigenvalue weighted by Gasteiger charge is -2.48. The van der Waals surface area contributed by atoms with Crippen LogP contribution in [0, 0.1) is 5.92 Å². The summed E-state index contributed by atoms with van der Waals surface area (Å²) in [6.07, 6.45) is 4.90. The molecule has 2 N–H and O–H groups in total. The van der Waals surface area contributed by atoms with Crippen molar-refractivity contribution < 1.29 is 22.3 Å². The highest BCUT2D eigenvalue weighted by atomic mass is 32.2. The molecule has 5 rings (SSSR count). The van der Waals surface area contributed by atoms with Crippen LogP contribution in [-0.2, 0) is 19.4 Å². The van der Waals surface area contributed by atoms with Gasteiger partial charge >= 0.3 is 0 Å². The van der Waals surface area contributed by atoms with Gasteiger partial charge in [-0.25, -0.2) is 27.8 Å². The van der Waals surface area contributed by atoms with Gasteiger partial charge in [-0.1, -0.05) is 20.4 Å². The van der Waals surface area contributed by atoms with E-state index in [9.17, 15) is 17.6 Å². The van der Waals surface area contributed by atoms with Crippen molar-refractivity contribution in [2.24, 2.45) is 5.92 Å². The van der Waals surface area contributed by atoms with Crippen LogP contribution in [0.25, 0.3) is 10.9 Å². The van der Waals surface area contributed by atoms with E-state index in [1.54, 1.807) is 18.5 Å². The molecule has 0 radical (unpaired) electrons. The minimum atomic E-state index is -3.13. The largest absolute Gasteiger partial charge is 0.378 e. The number of aromatic nitrogens is 3. The summed E-state index contributed by atoms with van der Waals surface area (Å²) in [5, 5.41) is 7.04. The average Bonchev–Trinajstić information content (AvgIpc) is 2.98. The van der Waals surface area contributed by atoms with Gasteiger partial charge in [0.2, 0.25) is 11.9 Å². The highest BCUT2D eigenvalue weighted by Crippen LogP contribution is 2.42. The van der Waals surface area contributed by atoms with Crippen molar-refractivity contribution in [2.45, 2.75) is 64.4 Å². The number of nitrogens with zero attached hydrogens (tertiary/aromatic N) is 5. The Hall–Kier alpha value is -3.84. The zero-order chi connectivity index (χ0) is 32.6. The van der Waals surface area contributed by atoms with E-state index in [-0.39, 0.29) is 42.1 Å². The number of fused-ring (bicyclic) bond motifs is 1. The lowest BCUT2D eigenvalue weighted by atomic mass is 9.89. The number of piperidine rings is 1. The molecule has 5 atom stereocenters. The number of anilines is 5. The van der Waals surface area contributed by atoms with Crippen LogP contribution in [0.2, 0.25) is 0 Å². The molecule has 0 aliphatic carbocycles. The van der Waals surface area contributed by atoms with E-state index >= 15 is 0 Å². The maximum absolute atomic E-state index is 14.7. The molecule has 0 unspecified atom stereocenters. The van der Waals surface area contributed by atoms with Crippen LogP contribution >= 0.6 is 0 Å². The first kappa shape index (κ1) is 32.6. The lowest BCUT2D eigenvalue weighted by molar-refractivity contribution is -0.111. The first-order valence-electron chi connectivity index (χ1n) is 15.2. The lowest BCUT2D eigenvalue weighted by Crippen LogP contribution is -2.57. The van der Waals surface area contributed by atoms with E-state index in [0.717, 1.165) is 16.6 Å². The number of ether oxygens (including phenoxy) is 1. The normalized spacial score (nSPS) is 23.6. The highest BCUT2D eigenvalue weighted by molar-refractivity contribution is 7.90. The first-order valence-corrected chi connectivity index (χ1v) is 17.2. The predicted octanol–water partition coefficient (Wildman–Crippen LogP) is 4.84. The second kappa shape index (κ2) is 12.9. The number of carbonyl (C=O) groups is 1. The molecule has 3 aromatic rings. The molecule has 2 aliphatic heterocycles. The van der Waals surface area contributed by atoms with Crippen LogP contribution in [0.5, 0.6) is 0 Å². The number of alkyl halides is 1. The van der Waals surface area contributed by atoms with E-state index in [2.05, 4.69) is 32.1 Å². The third-order valence-corrected chi connectivity index (χ3v) is 9.86. The molecular formula is C32H42FN7O4S. The number of hydrogen-bond donors (Lipinski definition) is 2. The quantitative estimate of drug-likeness (QED) is 0.298. The van der Waals surface area contributed by atoms with Crippen molar-refractivity contribution in [3.05, 3.63) is 48.8 Å². The average molecular weight is 640 g/mol. The number of amides is 1. The van der Waals surface area contributed by atoms with Crippen molar-refractivity contribution >= 4 is 55.5 Å². The summed E-state index contributed by atoms with van der Waals surface area (Å²) in [7, 11) is -1.59. The number of benzene rings is 1. The van der Waals surface area contributed by atoms with Gasteiger partial charge in [0, 0.05) is 78.7 Å². The minimum absolute atomic E-state index is 0.00565. The van der Waals surface area contributed by atoms with Crippen molar-refractivity contribution in [3.63, 3.8) is 0 Å². The van der Waals surface area contributed by atoms with Crippen molar-refractivity contribution in [1.29, 1.82) is 0 Å². The van der Waals surface area contributed by atoms with Gasteiger partial charge in [-0.3, -0.25) is 4.79 Å². The van der Waals surface area contributed by atoms with E-state index in [1.165, 1.54) is 19.4 Å². The highest BCUT2D eigenvalue weighted by Gasteiger charge is 2.39. The number of methoxy groups -OCH3 is 1. The van der Waals surface area contributed by atoms with Gasteiger partial charge in [0.15, 0.2) is 0 Å². The van der Waals surface area contributed by atoms with Crippen LogP contribution in [0.4, 0.5) is 33.2 Å². The summed E-state index contributed by atoms with van der Waals surface area (Å²) in [6.45, 7) is 12.4. The molecule has 0 bridgehead atoms. The number of hydrogen-bond acceptors (Lipinski definition) is 10. The molecule has 0 spiro atoms. The van der Waals surface area contributed by atoms with E-state index in [1.807, 2.05) is 44.7 Å². The summed E-state index contributed by atoms with van der Waals surface area (Å²) in [5.41, 5.74) is 3.63. The fourth-order valence-electron chi connectivity index (χ4n) is 6.39. The molecule has 2 aromatic heterocycles. The number of carbonyl (C=O) groups excluding carboxylic acids is 1. The van der Waals surface area contributed by atoms with E-state index in [0.29, 0.717) is 41.6 Å². The maximum Gasteiger partial charge on any atom is 0.247 e. The van der Waals surface area contributed by atoms with Gasteiger partial charge in [-0.2, -0.15) is 0 Å². The van der Waals surface area contributed by atoms with E-state index in [4.69, 9.17) is 9.72 Å². The molecule has 2 fully saturated rings. The Labute approximate surface area is 264 Å². The van der Waals surface area contributed by atoms with Gasteiger partial charge < -0.3 is 25.2 Å². The van der Waals surface area contributed by atoms with Crippen LogP contribution in [0.1, 0.15) is 45.6 Å². The number of nitrogens with one attached hydrogen (secondary N) is 2. The summed E-state index contributed by atoms with van der Waals surface area (Å²) in [4.78, 5) is 30.6. The Balaban J connectivity index is 1.51. The zero-order valence-corrected chi connectivity index (χ0v) is 27.4. The van der Waals surface area contributed by atoms with Gasteiger partial charge in [-0.05, 0) is 44.4 Å². The molecular weight excluding hydrogens is 597 g/mol. The fraction of sp³-hybridized carbons (Fsp3) is 0.500. The van der Waals surface area contributed by atoms with Crippen LogP contribution in [0.3, 0.4) is 0 Å². The van der Waals surface area contributed by atoms with Gasteiger partial charge in [0.05, 0.1) is 29.6 Å². The van der Waals surface area contributed by atoms with Gasteiger partial charge in [0.1, 0.15) is 21.8 Å². The maximum atomic E-state index is 14.7. The molecule has 242 valence electrons. The molecule has 11 nitrogen and oxygen atoms in total. The number of rotatable bonds is 10. The summed E-state index contributed by atoms with van der Waals surface area (Å²) in [6, 6.07) is 5.57. The Kier molecular flexibility index (Phi) is 9.31. The van der Waals surface area contributed by atoms with Crippen LogP contribution in [-0.4, -0.2) is 85.8 Å². The molecule has 45 heavy (non-hydrogen) atoms. The first-order chi connectivity index (χ1) is 21.3. The van der Waals surface area contributed by atoms with Gasteiger partial charge in [0.25, 0.3) is 0 Å². The summed E-state index contributed by atoms with van der Waals surface area (Å²) < 4.78 is 44.0. The SMILES string of the molecule is C=CC(=O)Nc1cc(N2C[C@H](CS(C)(=O)=O)[C@H]2C)c2cnc(Nc3ccnc(N4C[C@H](F)[C@H](OC)C[C@@H]4C)c3)nc2c1C(C)C. The van der Waals surface area contributed by atoms with Crippen LogP contribution in [0.15, 0.2) is 43.2 Å². The summed E-state index contributed by atoms with van der Waals surface area (Å²) >= 11 is 0. The topological polar surface area (TPSA) is 130 Å². The standard InChI is InChI=1S/C32H42FN7O4S/c1-8-29(41)37-25-13-26(40-15-21(20(40)5)17-45(7,42)43)23-14-35-32(38-31(23)30(25)18(2)3)36-22-9-10-34-28(12-22)39-16-24(33)27(44-6)11-19(39)4/h8-10,12-14,18-21,24,27H,1,11,15-17H2,2-7H3,(H,37,41)(H,34,35,36,38)/t19-,20+,21+,24-,27+/m0/s1. The second-order valence-electron chi connectivity index (χ2n) is 12.5. The third kappa shape index (κ3) is 6.89. The zero-order valence-electron chi connectivity index (χ0n) is 26.6. The second-order valence-corrected chi connectivity index (χ2v) is 14.6. The number of sulfone groups is 1. The van der Waals surface area contributed by atoms with Crippen molar-refractivity contribution in [2.75, 3.05) is 52.6 Å². The molecule has 13 heteroatoms. The molecule has 1 amide bonds. The number of halogens is 1. The molecule has 2 aliphatic rings. The Morgan fingerprint density at radius 1 is 1.22 bits per heavy atom. The number of pyridine rings is 1. The Morgan fingerprint density at radius 2 is 1.98 bits per heavy atom. The smallest absolute Gasteiger partial charge is 0.247 e. The van der Waals surface area contributed by atoms with Gasteiger partial charge in [-0.15, -0.1) is 0 Å². The molecule has 2 saturated heterocycles. The monoisotopic (exact) mass is 639 g/mol. The molecule has 1 aromatic carbocycles. The Morgan fingerprint density at radius 3 is 2.62 bits per heavy atom. The Bertz CT molecular complexity index is 1700. The molecule has 0 saturated carbocycles. The van der Waals surface area contributed by atoms with E-state index < -0.39 is 22.1 Å². The summed E-state index contributed by atoms with van der Waals surface area (Å²) in [5.74, 6) is 0.741.